The fraction of sp³-hybridized carbons (Fsp3) is 0.600. The summed E-state index contributed by atoms with van der Waals surface area (Å²) in [7, 11) is 0. The quantitative estimate of drug-likeness (QED) is 0.516. The largest absolute Gasteiger partial charge is 1.00 e. The SMILES string of the molecule is C1=C[CH]([Zr+2]2([CH]3C=CC4=C3CCCC4)[CH2][CH2]2)C2=C1CCCC2.[H-].[H-]. The molecule has 0 bridgehead atoms. The maximum absolute atomic E-state index is 2.69. The van der Waals surface area contributed by atoms with Crippen LogP contribution < -0.4 is 0 Å². The van der Waals surface area contributed by atoms with E-state index in [9.17, 15) is 0 Å². The molecule has 1 heteroatoms. The van der Waals surface area contributed by atoms with Gasteiger partial charge in [-0.2, -0.15) is 0 Å². The number of allylic oxidation sites excluding steroid dienone is 8. The predicted molar refractivity (Wildman–Crippen MR) is 88.6 cm³/mol. The van der Waals surface area contributed by atoms with Crippen molar-refractivity contribution in [2.75, 3.05) is 0 Å². The molecule has 1 aliphatic heterocycles. The second-order valence-electron chi connectivity index (χ2n) is 7.92. The van der Waals surface area contributed by atoms with Gasteiger partial charge in [-0.3, -0.25) is 0 Å². The molecule has 0 saturated carbocycles. The first-order valence-electron chi connectivity index (χ1n) is 9.19. The minimum absolute atomic E-state index is 0. The van der Waals surface area contributed by atoms with Crippen LogP contribution in [-0.4, -0.2) is 0 Å². The van der Waals surface area contributed by atoms with Crippen LogP contribution in [0.1, 0.15) is 54.2 Å². The van der Waals surface area contributed by atoms with E-state index in [1.54, 1.807) is 19.4 Å². The Hall–Kier alpha value is -0.157. The molecule has 0 N–H and O–H groups in total. The summed E-state index contributed by atoms with van der Waals surface area (Å²) in [6.07, 6.45) is 21.9. The van der Waals surface area contributed by atoms with Crippen LogP contribution in [0, 0.1) is 0 Å². The second-order valence-corrected chi connectivity index (χ2v) is 19.5. The van der Waals surface area contributed by atoms with Crippen LogP contribution in [0.2, 0.25) is 15.5 Å². The van der Waals surface area contributed by atoms with Crippen molar-refractivity contribution in [1.82, 2.24) is 0 Å². The molecular formula is C20H28Zr. The molecule has 1 saturated heterocycles. The van der Waals surface area contributed by atoms with Gasteiger partial charge in [0.15, 0.2) is 0 Å². The van der Waals surface area contributed by atoms with Gasteiger partial charge >= 0.3 is 134 Å². The summed E-state index contributed by atoms with van der Waals surface area (Å²) < 4.78 is 5.34. The predicted octanol–water partition coefficient (Wildman–Crippen LogP) is 6.67. The van der Waals surface area contributed by atoms with Crippen LogP contribution in [0.15, 0.2) is 46.6 Å². The van der Waals surface area contributed by atoms with Gasteiger partial charge in [0.05, 0.1) is 0 Å². The van der Waals surface area contributed by atoms with E-state index < -0.39 is 20.3 Å². The minimum Gasteiger partial charge on any atom is -1.00 e. The molecule has 1 heterocycles. The van der Waals surface area contributed by atoms with E-state index in [4.69, 9.17) is 0 Å². The van der Waals surface area contributed by atoms with E-state index in [1.807, 2.05) is 11.1 Å². The standard InChI is InChI=1S/2C9H11.C2H4.Zr.2H/c2*1-2-5-9-7-3-6-8(9)4-1;1-2;;;/h2*3,6-7H,1-2,4-5H2;1-2H2;;;/q;;;+2;2*-1. The van der Waals surface area contributed by atoms with Gasteiger partial charge in [0.1, 0.15) is 0 Å². The fourth-order valence-electron chi connectivity index (χ4n) is 5.69. The molecule has 0 spiro atoms. The zero-order valence-electron chi connectivity index (χ0n) is 15.0. The first kappa shape index (κ1) is 13.3. The monoisotopic (exact) mass is 358 g/mol. The van der Waals surface area contributed by atoms with Crippen LogP contribution in [-0.2, 0) is 20.3 Å². The average molecular weight is 360 g/mol. The molecule has 5 rings (SSSR count). The summed E-state index contributed by atoms with van der Waals surface area (Å²) in [4.78, 5) is 0. The molecule has 0 aromatic heterocycles. The van der Waals surface area contributed by atoms with E-state index >= 15 is 0 Å². The molecule has 0 amide bonds. The molecule has 112 valence electrons. The molecule has 2 unspecified atom stereocenters. The molecular weight excluding hydrogens is 331 g/mol. The molecule has 0 aromatic rings. The van der Waals surface area contributed by atoms with Gasteiger partial charge in [0.25, 0.3) is 0 Å². The van der Waals surface area contributed by atoms with Crippen molar-refractivity contribution < 1.29 is 23.1 Å². The van der Waals surface area contributed by atoms with Gasteiger partial charge in [-0.1, -0.05) is 0 Å². The zero-order valence-corrected chi connectivity index (χ0v) is 15.5. The van der Waals surface area contributed by atoms with Crippen LogP contribution in [0.4, 0.5) is 0 Å². The number of hydrogen-bond donors (Lipinski definition) is 0. The summed E-state index contributed by atoms with van der Waals surface area (Å²) in [6.45, 7) is 0. The summed E-state index contributed by atoms with van der Waals surface area (Å²) in [5, 5.41) is 0. The van der Waals surface area contributed by atoms with Crippen LogP contribution in [0.3, 0.4) is 0 Å². The molecule has 2 atom stereocenters. The van der Waals surface area contributed by atoms with Crippen molar-refractivity contribution in [2.45, 2.75) is 66.9 Å². The smallest absolute Gasteiger partial charge is 1.00 e. The van der Waals surface area contributed by atoms with Crippen LogP contribution >= 0.6 is 0 Å². The Morgan fingerprint density at radius 2 is 1.19 bits per heavy atom. The Labute approximate surface area is 136 Å². The van der Waals surface area contributed by atoms with Gasteiger partial charge in [0.2, 0.25) is 0 Å². The fourth-order valence-corrected chi connectivity index (χ4v) is 22.0. The van der Waals surface area contributed by atoms with Crippen LogP contribution in [0.25, 0.3) is 0 Å². The molecule has 1 fully saturated rings. The first-order valence-corrected chi connectivity index (χ1v) is 15.5. The Bertz CT molecular complexity index is 557. The van der Waals surface area contributed by atoms with E-state index in [0.29, 0.717) is 0 Å². The zero-order chi connectivity index (χ0) is 13.9. The van der Waals surface area contributed by atoms with Crippen molar-refractivity contribution in [2.24, 2.45) is 0 Å². The van der Waals surface area contributed by atoms with E-state index in [0.717, 1.165) is 7.25 Å². The van der Waals surface area contributed by atoms with Crippen LogP contribution in [0.5, 0.6) is 0 Å². The Morgan fingerprint density at radius 3 is 1.67 bits per heavy atom. The molecule has 0 nitrogen and oxygen atoms in total. The Morgan fingerprint density at radius 1 is 0.714 bits per heavy atom. The van der Waals surface area contributed by atoms with Gasteiger partial charge in [-0.25, -0.2) is 0 Å². The van der Waals surface area contributed by atoms with Gasteiger partial charge in [0, 0.05) is 0 Å². The van der Waals surface area contributed by atoms with E-state index in [2.05, 4.69) is 24.3 Å². The van der Waals surface area contributed by atoms with Crippen molar-refractivity contribution in [3.63, 3.8) is 0 Å². The summed E-state index contributed by atoms with van der Waals surface area (Å²) in [6, 6.07) is 0. The number of hydrogen-bond acceptors (Lipinski definition) is 0. The maximum Gasteiger partial charge on any atom is -1.00 e. The Balaban J connectivity index is 0.000000781. The van der Waals surface area contributed by atoms with Gasteiger partial charge in [-0.15, -0.1) is 0 Å². The van der Waals surface area contributed by atoms with E-state index in [1.165, 1.54) is 51.4 Å². The average Bonchev–Trinajstić information content (AvgIpc) is 3.03. The van der Waals surface area contributed by atoms with E-state index in [-0.39, 0.29) is 2.85 Å². The molecule has 21 heavy (non-hydrogen) atoms. The topological polar surface area (TPSA) is 0 Å². The first-order chi connectivity index (χ1) is 10.4. The number of rotatable bonds is 2. The summed E-state index contributed by atoms with van der Waals surface area (Å²) in [5.74, 6) is 0. The second kappa shape index (κ2) is 4.92. The molecule has 0 aromatic carbocycles. The van der Waals surface area contributed by atoms with Crippen molar-refractivity contribution in [3.05, 3.63) is 46.6 Å². The summed E-state index contributed by atoms with van der Waals surface area (Å²) in [5.41, 5.74) is 7.42. The van der Waals surface area contributed by atoms with Crippen molar-refractivity contribution in [3.8, 4) is 0 Å². The maximum atomic E-state index is 2.69. The summed E-state index contributed by atoms with van der Waals surface area (Å²) >= 11 is -1.96. The third-order valence-corrected chi connectivity index (χ3v) is 19.7. The minimum atomic E-state index is -1.96. The normalized spacial score (nSPS) is 34.7. The van der Waals surface area contributed by atoms with Gasteiger partial charge < -0.3 is 2.85 Å². The molecule has 4 aliphatic carbocycles. The van der Waals surface area contributed by atoms with Crippen molar-refractivity contribution in [1.29, 1.82) is 0 Å². The van der Waals surface area contributed by atoms with Gasteiger partial charge in [-0.05, 0) is 0 Å². The third-order valence-electron chi connectivity index (χ3n) is 6.91. The van der Waals surface area contributed by atoms with Crippen molar-refractivity contribution >= 4 is 0 Å². The Kier molecular flexibility index (Phi) is 3.12. The third kappa shape index (κ3) is 1.96. The molecule has 5 aliphatic rings. The molecule has 0 radical (unpaired) electrons.